The van der Waals surface area contributed by atoms with E-state index in [4.69, 9.17) is 23.2 Å². The summed E-state index contributed by atoms with van der Waals surface area (Å²) in [6.45, 7) is 0.210. The highest BCUT2D eigenvalue weighted by atomic mass is 35.5. The second kappa shape index (κ2) is 5.52. The van der Waals surface area contributed by atoms with Crippen molar-refractivity contribution in [1.82, 2.24) is 4.72 Å². The monoisotopic (exact) mass is 336 g/mol. The molecule has 0 spiro atoms. The number of alkyl halides is 2. The lowest BCUT2D eigenvalue weighted by Crippen LogP contribution is -2.21. The second-order valence-electron chi connectivity index (χ2n) is 4.80. The minimum Gasteiger partial charge on any atom is -0.326 e. The maximum atomic E-state index is 11.8. The Morgan fingerprint density at radius 1 is 1.35 bits per heavy atom. The summed E-state index contributed by atoms with van der Waals surface area (Å²) in [5.74, 6) is -0.588. The van der Waals surface area contributed by atoms with Crippen LogP contribution < -0.4 is 10.0 Å². The molecular weight excluding hydrogens is 323 g/mol. The third-order valence-electron chi connectivity index (χ3n) is 2.90. The number of carbonyl (C=O) groups excluding carboxylic acids is 1. The first-order chi connectivity index (χ1) is 9.17. The smallest absolute Gasteiger partial charge is 0.230 e. The van der Waals surface area contributed by atoms with E-state index in [0.29, 0.717) is 12.1 Å². The van der Waals surface area contributed by atoms with Crippen LogP contribution in [0.1, 0.15) is 12.0 Å². The molecule has 1 aromatic rings. The molecule has 0 radical (unpaired) electrons. The van der Waals surface area contributed by atoms with Gasteiger partial charge in [0.05, 0.1) is 12.2 Å². The van der Waals surface area contributed by atoms with Crippen molar-refractivity contribution in [1.29, 1.82) is 0 Å². The first-order valence-electron chi connectivity index (χ1n) is 5.90. The summed E-state index contributed by atoms with van der Waals surface area (Å²) in [5, 5.41) is 2.71. The number of hydrogen-bond acceptors (Lipinski definition) is 3. The predicted molar refractivity (Wildman–Crippen MR) is 79.3 cm³/mol. The van der Waals surface area contributed by atoms with Crippen LogP contribution >= 0.6 is 23.2 Å². The second-order valence-corrected chi connectivity index (χ2v) is 8.17. The molecule has 2 rings (SSSR count). The molecule has 1 aromatic carbocycles. The summed E-state index contributed by atoms with van der Waals surface area (Å²) in [5.41, 5.74) is 1.41. The molecule has 1 atom stereocenters. The largest absolute Gasteiger partial charge is 0.326 e. The third-order valence-corrected chi connectivity index (χ3v) is 4.41. The molecule has 0 aliphatic heterocycles. The Labute approximate surface area is 127 Å². The van der Waals surface area contributed by atoms with Gasteiger partial charge in [-0.3, -0.25) is 4.79 Å². The number of amides is 1. The zero-order valence-corrected chi connectivity index (χ0v) is 13.0. The van der Waals surface area contributed by atoms with Gasteiger partial charge in [0, 0.05) is 12.2 Å². The van der Waals surface area contributed by atoms with Gasteiger partial charge in [0.25, 0.3) is 0 Å². The van der Waals surface area contributed by atoms with Crippen molar-refractivity contribution in [3.05, 3.63) is 29.8 Å². The van der Waals surface area contributed by atoms with Gasteiger partial charge >= 0.3 is 0 Å². The standard InChI is InChI=1S/C12H14Cl2N2O3S/c1-20(18,19)15-7-8-2-4-9(5-3-8)16-11(17)10-6-12(10,13)14/h2-5,10,15H,6-7H2,1H3,(H,16,17)/t10-/m0/s1. The number of sulfonamides is 1. The van der Waals surface area contributed by atoms with Gasteiger partial charge in [0.1, 0.15) is 4.33 Å². The molecule has 0 aromatic heterocycles. The fourth-order valence-electron chi connectivity index (χ4n) is 1.65. The summed E-state index contributed by atoms with van der Waals surface area (Å²) in [7, 11) is -3.22. The van der Waals surface area contributed by atoms with Crippen molar-refractivity contribution in [3.63, 3.8) is 0 Å². The van der Waals surface area contributed by atoms with Crippen LogP contribution in [0.5, 0.6) is 0 Å². The first kappa shape index (κ1) is 15.6. The van der Waals surface area contributed by atoms with E-state index in [2.05, 4.69) is 10.0 Å². The van der Waals surface area contributed by atoms with Gasteiger partial charge in [0.15, 0.2) is 0 Å². The molecule has 1 fully saturated rings. The molecule has 0 heterocycles. The number of carbonyl (C=O) groups is 1. The maximum Gasteiger partial charge on any atom is 0.230 e. The molecule has 1 amide bonds. The normalized spacial score (nSPS) is 20.4. The van der Waals surface area contributed by atoms with Crippen LogP contribution in [0.15, 0.2) is 24.3 Å². The number of nitrogens with one attached hydrogen (secondary N) is 2. The molecule has 0 unspecified atom stereocenters. The topological polar surface area (TPSA) is 75.3 Å². The van der Waals surface area contributed by atoms with Gasteiger partial charge in [-0.2, -0.15) is 0 Å². The highest BCUT2D eigenvalue weighted by Crippen LogP contribution is 2.53. The summed E-state index contributed by atoms with van der Waals surface area (Å²) in [6, 6.07) is 6.86. The number of rotatable bonds is 5. The van der Waals surface area contributed by atoms with Crippen molar-refractivity contribution in [3.8, 4) is 0 Å². The van der Waals surface area contributed by atoms with Gasteiger partial charge < -0.3 is 5.32 Å². The van der Waals surface area contributed by atoms with Crippen molar-refractivity contribution in [2.45, 2.75) is 17.3 Å². The van der Waals surface area contributed by atoms with E-state index in [1.807, 2.05) is 0 Å². The van der Waals surface area contributed by atoms with Crippen LogP contribution in [-0.4, -0.2) is 24.9 Å². The molecule has 2 N–H and O–H groups in total. The van der Waals surface area contributed by atoms with Gasteiger partial charge in [0.2, 0.25) is 15.9 Å². The summed E-state index contributed by atoms with van der Waals surface area (Å²) >= 11 is 11.6. The van der Waals surface area contributed by atoms with E-state index >= 15 is 0 Å². The Hall–Kier alpha value is -0.820. The van der Waals surface area contributed by atoms with E-state index in [9.17, 15) is 13.2 Å². The van der Waals surface area contributed by atoms with Gasteiger partial charge in [-0.1, -0.05) is 12.1 Å². The van der Waals surface area contributed by atoms with E-state index in [1.54, 1.807) is 24.3 Å². The molecule has 1 aliphatic rings. The van der Waals surface area contributed by atoms with Crippen molar-refractivity contribution < 1.29 is 13.2 Å². The lowest BCUT2D eigenvalue weighted by atomic mass is 10.2. The molecule has 5 nitrogen and oxygen atoms in total. The maximum absolute atomic E-state index is 11.8. The van der Waals surface area contributed by atoms with Crippen LogP contribution in [0.2, 0.25) is 0 Å². The van der Waals surface area contributed by atoms with Crippen LogP contribution in [-0.2, 0) is 21.4 Å². The van der Waals surface area contributed by atoms with Crippen molar-refractivity contribution in [2.75, 3.05) is 11.6 Å². The van der Waals surface area contributed by atoms with E-state index in [-0.39, 0.29) is 18.4 Å². The highest BCUT2D eigenvalue weighted by Gasteiger charge is 2.56. The molecule has 20 heavy (non-hydrogen) atoms. The van der Waals surface area contributed by atoms with Crippen LogP contribution in [0.4, 0.5) is 5.69 Å². The van der Waals surface area contributed by atoms with E-state index < -0.39 is 14.4 Å². The zero-order chi connectivity index (χ0) is 15.0. The molecule has 0 saturated heterocycles. The Kier molecular flexibility index (Phi) is 4.30. The van der Waals surface area contributed by atoms with Crippen LogP contribution in [0.3, 0.4) is 0 Å². The Morgan fingerprint density at radius 2 is 1.90 bits per heavy atom. The Balaban J connectivity index is 1.90. The molecule has 1 aliphatic carbocycles. The predicted octanol–water partition coefficient (Wildman–Crippen LogP) is 1.87. The fraction of sp³-hybridized carbons (Fsp3) is 0.417. The average molecular weight is 337 g/mol. The zero-order valence-electron chi connectivity index (χ0n) is 10.7. The quantitative estimate of drug-likeness (QED) is 0.806. The molecule has 8 heteroatoms. The van der Waals surface area contributed by atoms with Crippen LogP contribution in [0.25, 0.3) is 0 Å². The summed E-state index contributed by atoms with van der Waals surface area (Å²) in [6.07, 6.45) is 1.56. The number of anilines is 1. The Morgan fingerprint density at radius 3 is 2.35 bits per heavy atom. The number of halogens is 2. The van der Waals surface area contributed by atoms with Crippen LogP contribution in [0, 0.1) is 5.92 Å². The lowest BCUT2D eigenvalue weighted by molar-refractivity contribution is -0.117. The molecular formula is C12H14Cl2N2O3S. The Bertz CT molecular complexity index is 614. The fourth-order valence-corrected chi connectivity index (χ4v) is 2.58. The van der Waals surface area contributed by atoms with Gasteiger partial charge in [-0.25, -0.2) is 13.1 Å². The van der Waals surface area contributed by atoms with Gasteiger partial charge in [-0.05, 0) is 24.1 Å². The number of benzene rings is 1. The SMILES string of the molecule is CS(=O)(=O)NCc1ccc(NC(=O)[C@@H]2CC2(Cl)Cl)cc1. The third kappa shape index (κ3) is 4.34. The first-order valence-corrected chi connectivity index (χ1v) is 8.54. The minimum atomic E-state index is -3.22. The summed E-state index contributed by atoms with van der Waals surface area (Å²) in [4.78, 5) is 11.8. The molecule has 1 saturated carbocycles. The molecule has 110 valence electrons. The average Bonchev–Trinajstić information content (AvgIpc) is 2.97. The lowest BCUT2D eigenvalue weighted by Gasteiger charge is -2.07. The highest BCUT2D eigenvalue weighted by molar-refractivity contribution is 7.88. The van der Waals surface area contributed by atoms with E-state index in [0.717, 1.165) is 11.8 Å². The number of hydrogen-bond donors (Lipinski definition) is 2. The minimum absolute atomic E-state index is 0.210. The summed E-state index contributed by atoms with van der Waals surface area (Å²) < 4.78 is 23.4. The van der Waals surface area contributed by atoms with Crippen molar-refractivity contribution >= 4 is 44.8 Å². The van der Waals surface area contributed by atoms with E-state index in [1.165, 1.54) is 0 Å². The van der Waals surface area contributed by atoms with Gasteiger partial charge in [-0.15, -0.1) is 23.2 Å². The van der Waals surface area contributed by atoms with Crippen molar-refractivity contribution in [2.24, 2.45) is 5.92 Å². The molecule has 0 bridgehead atoms.